The molecular formula is C22H30N7O9PS. The summed E-state index contributed by atoms with van der Waals surface area (Å²) in [6.07, 6.45) is -2.17. The maximum atomic E-state index is 14.0. The van der Waals surface area contributed by atoms with Crippen molar-refractivity contribution in [2.24, 2.45) is 5.11 Å². The number of aliphatic hydroxyl groups excluding tert-OH is 2. The molecule has 1 fully saturated rings. The van der Waals surface area contributed by atoms with Crippen molar-refractivity contribution in [2.45, 2.75) is 43.5 Å². The van der Waals surface area contributed by atoms with Crippen LogP contribution in [0.25, 0.3) is 10.4 Å². The Kier molecular flexibility index (Phi) is 11.0. The summed E-state index contributed by atoms with van der Waals surface area (Å²) >= 11 is 1.44. The molecule has 1 unspecified atom stereocenters. The Morgan fingerprint density at radius 2 is 2.12 bits per heavy atom. The van der Waals surface area contributed by atoms with Crippen LogP contribution in [0.3, 0.4) is 0 Å². The average molecular weight is 600 g/mol. The second-order valence-corrected chi connectivity index (χ2v) is 11.1. The highest BCUT2D eigenvalue weighted by molar-refractivity contribution is 7.98. The van der Waals surface area contributed by atoms with E-state index in [1.165, 1.54) is 36.2 Å². The predicted molar refractivity (Wildman–Crippen MR) is 144 cm³/mol. The molecule has 1 aromatic carbocycles. The first-order valence-electron chi connectivity index (χ1n) is 12.0. The van der Waals surface area contributed by atoms with Crippen molar-refractivity contribution >= 4 is 31.3 Å². The third kappa shape index (κ3) is 7.53. The van der Waals surface area contributed by atoms with Crippen LogP contribution in [0.4, 0.5) is 5.82 Å². The molecule has 0 spiro atoms. The van der Waals surface area contributed by atoms with E-state index in [-0.39, 0.29) is 24.6 Å². The Morgan fingerprint density at radius 1 is 1.40 bits per heavy atom. The van der Waals surface area contributed by atoms with E-state index in [4.69, 9.17) is 24.3 Å². The fourth-order valence-electron chi connectivity index (χ4n) is 3.71. The fourth-order valence-corrected chi connectivity index (χ4v) is 5.73. The van der Waals surface area contributed by atoms with Gasteiger partial charge in [-0.25, -0.2) is 9.36 Å². The number of rotatable bonds is 14. The molecule has 1 aromatic heterocycles. The minimum absolute atomic E-state index is 0.0691. The van der Waals surface area contributed by atoms with Gasteiger partial charge >= 0.3 is 19.4 Å². The van der Waals surface area contributed by atoms with Gasteiger partial charge in [-0.1, -0.05) is 23.3 Å². The fraction of sp³-hybridized carbons (Fsp3) is 0.500. The zero-order valence-electron chi connectivity index (χ0n) is 21.6. The number of nitrogens with one attached hydrogen (secondary N) is 1. The number of aliphatic hydroxyl groups is 2. The molecule has 2 heterocycles. The number of hydrogen-bond acceptors (Lipinski definition) is 13. The lowest BCUT2D eigenvalue weighted by atomic mass is 10.1. The van der Waals surface area contributed by atoms with Crippen molar-refractivity contribution in [1.82, 2.24) is 14.6 Å². The Bertz CT molecular complexity index is 1310. The number of aromatic nitrogens is 2. The number of carbonyl (C=O) groups excluding carboxylic acids is 1. The van der Waals surface area contributed by atoms with Crippen molar-refractivity contribution in [3.05, 3.63) is 63.5 Å². The van der Waals surface area contributed by atoms with E-state index in [2.05, 4.69) is 20.1 Å². The largest absolute Gasteiger partial charge is 0.465 e. The Morgan fingerprint density at radius 3 is 2.75 bits per heavy atom. The lowest BCUT2D eigenvalue weighted by Gasteiger charge is -2.30. The lowest BCUT2D eigenvalue weighted by molar-refractivity contribution is -0.145. The number of hydrogen-bond donors (Lipinski definition) is 4. The molecule has 0 amide bonds. The standard InChI is InChI=1S/C22H30N7O9PS/c1-3-35-20(32)15(10-12-40-2)26-39(34,38-14-7-5-4-6-8-14)36-13-22(27-28-24)18(31)17(30)19(37-22)29-11-9-16(23)25-21(29)33/h4-9,11,15,17-19,30-31H,3,10,12-13H2,1-2H3,(H,26,34)(H2,23,25,33)/t15-,17+,18-,19+,22+,39?/m0/s1. The molecule has 2 aromatic rings. The molecule has 0 aliphatic carbocycles. The molecule has 1 aliphatic heterocycles. The zero-order chi connectivity index (χ0) is 29.3. The van der Waals surface area contributed by atoms with Crippen LogP contribution in [-0.2, 0) is 23.4 Å². The lowest BCUT2D eigenvalue weighted by Crippen LogP contribution is -2.46. The van der Waals surface area contributed by atoms with Crippen LogP contribution in [-0.4, -0.2) is 74.9 Å². The smallest absolute Gasteiger partial charge is 0.459 e. The normalized spacial score (nSPS) is 24.4. The van der Waals surface area contributed by atoms with Crippen LogP contribution in [0, 0.1) is 0 Å². The van der Waals surface area contributed by atoms with Gasteiger partial charge in [-0.3, -0.25) is 13.9 Å². The van der Waals surface area contributed by atoms with E-state index in [0.29, 0.717) is 5.75 Å². The van der Waals surface area contributed by atoms with Crippen LogP contribution < -0.4 is 21.0 Å². The molecule has 1 aliphatic rings. The molecule has 3 rings (SSSR count). The van der Waals surface area contributed by atoms with Crippen LogP contribution in [0.15, 0.2) is 52.5 Å². The van der Waals surface area contributed by atoms with Gasteiger partial charge in [-0.05, 0) is 49.1 Å². The molecule has 40 heavy (non-hydrogen) atoms. The predicted octanol–water partition coefficient (Wildman–Crippen LogP) is 1.56. The molecule has 0 saturated carbocycles. The van der Waals surface area contributed by atoms with Gasteiger partial charge in [0, 0.05) is 11.1 Å². The number of thioether (sulfide) groups is 1. The zero-order valence-corrected chi connectivity index (χ0v) is 23.3. The van der Waals surface area contributed by atoms with Gasteiger partial charge in [-0.2, -0.15) is 21.8 Å². The minimum atomic E-state index is -4.50. The van der Waals surface area contributed by atoms with Gasteiger partial charge in [0.2, 0.25) is 5.72 Å². The minimum Gasteiger partial charge on any atom is -0.465 e. The van der Waals surface area contributed by atoms with Gasteiger partial charge in [0.15, 0.2) is 6.23 Å². The molecule has 218 valence electrons. The number of ether oxygens (including phenoxy) is 2. The van der Waals surface area contributed by atoms with Gasteiger partial charge in [0.25, 0.3) is 0 Å². The maximum absolute atomic E-state index is 14.0. The molecule has 0 radical (unpaired) electrons. The molecule has 18 heteroatoms. The summed E-state index contributed by atoms with van der Waals surface area (Å²) < 4.78 is 36.8. The van der Waals surface area contributed by atoms with E-state index >= 15 is 0 Å². The van der Waals surface area contributed by atoms with Crippen molar-refractivity contribution in [3.8, 4) is 5.75 Å². The van der Waals surface area contributed by atoms with Crippen molar-refractivity contribution < 1.29 is 38.1 Å². The third-order valence-corrected chi connectivity index (χ3v) is 7.84. The average Bonchev–Trinajstić information content (AvgIpc) is 3.16. The van der Waals surface area contributed by atoms with Crippen LogP contribution in [0.2, 0.25) is 0 Å². The number of para-hydroxylation sites is 1. The second-order valence-electron chi connectivity index (χ2n) is 8.41. The maximum Gasteiger partial charge on any atom is 0.459 e. The summed E-state index contributed by atoms with van der Waals surface area (Å²) in [6.45, 7) is 0.754. The molecule has 16 nitrogen and oxygen atoms in total. The van der Waals surface area contributed by atoms with E-state index in [1.807, 2.05) is 6.26 Å². The molecular weight excluding hydrogens is 569 g/mol. The summed E-state index contributed by atoms with van der Waals surface area (Å²) in [4.78, 5) is 31.2. The van der Waals surface area contributed by atoms with Crippen LogP contribution in [0.1, 0.15) is 19.6 Å². The quantitative estimate of drug-likeness (QED) is 0.0794. The number of benzene rings is 1. The SMILES string of the molecule is CCOC(=O)[C@H](CCSC)NP(=O)(OC[C@@]1(N=[N+]=[N-])O[C@@H](n2ccc(N)nc2=O)[C@H](O)[C@@H]1O)Oc1ccccc1. The topological polar surface area (TPSA) is 233 Å². The van der Waals surface area contributed by atoms with E-state index in [0.717, 1.165) is 4.57 Å². The number of carbonyl (C=O) groups is 1. The number of esters is 1. The van der Waals surface area contributed by atoms with E-state index in [1.54, 1.807) is 25.1 Å². The van der Waals surface area contributed by atoms with Gasteiger partial charge in [0.1, 0.15) is 29.8 Å². The van der Waals surface area contributed by atoms with Crippen molar-refractivity contribution in [3.63, 3.8) is 0 Å². The van der Waals surface area contributed by atoms with Gasteiger partial charge < -0.3 is 29.9 Å². The number of nitrogens with two attached hydrogens (primary N) is 1. The van der Waals surface area contributed by atoms with Crippen molar-refractivity contribution in [1.29, 1.82) is 0 Å². The number of nitrogen functional groups attached to an aromatic ring is 1. The molecule has 6 atom stereocenters. The summed E-state index contributed by atoms with van der Waals surface area (Å²) in [5, 5.41) is 27.6. The number of anilines is 1. The summed E-state index contributed by atoms with van der Waals surface area (Å²) in [5.74, 6) is -0.204. The molecule has 1 saturated heterocycles. The second kappa shape index (κ2) is 14.0. The molecule has 0 bridgehead atoms. The molecule has 5 N–H and O–H groups in total. The number of azide groups is 1. The van der Waals surface area contributed by atoms with E-state index in [9.17, 15) is 29.9 Å². The van der Waals surface area contributed by atoms with Crippen LogP contribution >= 0.6 is 19.5 Å². The first-order chi connectivity index (χ1) is 19.1. The first kappa shape index (κ1) is 31.4. The summed E-state index contributed by atoms with van der Waals surface area (Å²) in [7, 11) is -4.50. The van der Waals surface area contributed by atoms with Crippen molar-refractivity contribution in [2.75, 3.05) is 31.0 Å². The highest BCUT2D eigenvalue weighted by Gasteiger charge is 2.56. The highest BCUT2D eigenvalue weighted by atomic mass is 32.2. The third-order valence-electron chi connectivity index (χ3n) is 5.65. The van der Waals surface area contributed by atoms with E-state index < -0.39 is 56.2 Å². The highest BCUT2D eigenvalue weighted by Crippen LogP contribution is 2.48. The van der Waals surface area contributed by atoms with Crippen LogP contribution in [0.5, 0.6) is 5.75 Å². The Labute approximate surface area is 233 Å². The van der Waals surface area contributed by atoms with Gasteiger partial charge in [-0.15, -0.1) is 0 Å². The van der Waals surface area contributed by atoms with Gasteiger partial charge in [0.05, 0.1) is 13.2 Å². The monoisotopic (exact) mass is 599 g/mol. The first-order valence-corrected chi connectivity index (χ1v) is 14.9. The number of nitrogens with zero attached hydrogens (tertiary/aromatic N) is 5. The summed E-state index contributed by atoms with van der Waals surface area (Å²) in [5.41, 5.74) is 11.4. The Balaban J connectivity index is 1.94. The summed E-state index contributed by atoms with van der Waals surface area (Å²) in [6, 6.07) is 8.03. The Hall–Kier alpha value is -3.14.